The predicted molar refractivity (Wildman–Crippen MR) is 47.1 cm³/mol. The van der Waals surface area contributed by atoms with Gasteiger partial charge in [-0.1, -0.05) is 0 Å². The van der Waals surface area contributed by atoms with E-state index in [1.54, 1.807) is 22.6 Å². The molecule has 0 aliphatic heterocycles. The second kappa shape index (κ2) is 4.12. The summed E-state index contributed by atoms with van der Waals surface area (Å²) in [5.41, 5.74) is 0. The standard InChI is InChI=1S/C4H8INO3S/c1-10(8,9)3-2-6-4(5)7/h2-3H2,1H3,(H,6,7). The molecule has 60 valence electrons. The second-order valence-electron chi connectivity index (χ2n) is 1.83. The van der Waals surface area contributed by atoms with E-state index in [9.17, 15) is 13.2 Å². The molecule has 4 nitrogen and oxygen atoms in total. The van der Waals surface area contributed by atoms with Crippen LogP contribution in [-0.4, -0.2) is 30.9 Å². The lowest BCUT2D eigenvalue weighted by Crippen LogP contribution is -2.23. The maximum atomic E-state index is 10.5. The molecule has 0 aromatic rings. The monoisotopic (exact) mass is 277 g/mol. The lowest BCUT2D eigenvalue weighted by Gasteiger charge is -1.97. The molecule has 0 aliphatic carbocycles. The number of halogens is 1. The molecular weight excluding hydrogens is 269 g/mol. The van der Waals surface area contributed by atoms with E-state index < -0.39 is 9.84 Å². The van der Waals surface area contributed by atoms with Gasteiger partial charge in [-0.2, -0.15) is 0 Å². The third-order valence-corrected chi connectivity index (χ3v) is 2.06. The molecule has 0 saturated heterocycles. The van der Waals surface area contributed by atoms with Crippen LogP contribution in [0.15, 0.2) is 0 Å². The number of amides is 1. The first-order chi connectivity index (χ1) is 4.42. The second-order valence-corrected chi connectivity index (χ2v) is 5.07. The average molecular weight is 277 g/mol. The minimum atomic E-state index is -2.94. The van der Waals surface area contributed by atoms with Crippen LogP contribution >= 0.6 is 22.6 Å². The largest absolute Gasteiger partial charge is 0.346 e. The summed E-state index contributed by atoms with van der Waals surface area (Å²) < 4.78 is 20.7. The zero-order valence-electron chi connectivity index (χ0n) is 5.43. The molecule has 0 bridgehead atoms. The molecule has 0 rings (SSSR count). The van der Waals surface area contributed by atoms with E-state index in [4.69, 9.17) is 0 Å². The summed E-state index contributed by atoms with van der Waals surface area (Å²) in [7, 11) is -2.94. The van der Waals surface area contributed by atoms with Gasteiger partial charge < -0.3 is 5.32 Å². The van der Waals surface area contributed by atoms with Gasteiger partial charge in [-0.25, -0.2) is 8.42 Å². The Bertz CT molecular complexity index is 211. The van der Waals surface area contributed by atoms with Gasteiger partial charge in [0.15, 0.2) is 0 Å². The third-order valence-electron chi connectivity index (χ3n) is 0.737. The summed E-state index contributed by atoms with van der Waals surface area (Å²) in [6, 6.07) is 0. The quantitative estimate of drug-likeness (QED) is 0.454. The Labute approximate surface area is 73.4 Å². The van der Waals surface area contributed by atoms with Crippen LogP contribution in [-0.2, 0) is 9.84 Å². The molecule has 0 saturated carbocycles. The molecule has 0 atom stereocenters. The van der Waals surface area contributed by atoms with Crippen LogP contribution in [0.1, 0.15) is 0 Å². The Morgan fingerprint density at radius 3 is 2.40 bits per heavy atom. The molecular formula is C4H8INO3S. The van der Waals surface area contributed by atoms with Crippen molar-refractivity contribution in [3.63, 3.8) is 0 Å². The highest BCUT2D eigenvalue weighted by molar-refractivity contribution is 14.1. The van der Waals surface area contributed by atoms with Crippen LogP contribution < -0.4 is 5.32 Å². The highest BCUT2D eigenvalue weighted by Crippen LogP contribution is 1.84. The van der Waals surface area contributed by atoms with Crippen molar-refractivity contribution in [2.75, 3.05) is 18.6 Å². The van der Waals surface area contributed by atoms with Gasteiger partial charge in [-0.3, -0.25) is 4.79 Å². The number of hydrogen-bond acceptors (Lipinski definition) is 3. The Hall–Kier alpha value is 0.150. The first-order valence-electron chi connectivity index (χ1n) is 2.53. The summed E-state index contributed by atoms with van der Waals surface area (Å²) in [4.78, 5) is 10.2. The van der Waals surface area contributed by atoms with Crippen LogP contribution in [0.3, 0.4) is 0 Å². The Morgan fingerprint density at radius 1 is 1.60 bits per heavy atom. The van der Waals surface area contributed by atoms with E-state index in [2.05, 4.69) is 5.32 Å². The van der Waals surface area contributed by atoms with Crippen molar-refractivity contribution in [1.29, 1.82) is 0 Å². The fourth-order valence-corrected chi connectivity index (χ4v) is 1.08. The van der Waals surface area contributed by atoms with Gasteiger partial charge >= 0.3 is 0 Å². The number of rotatable bonds is 3. The third kappa shape index (κ3) is 8.15. The molecule has 0 heterocycles. The van der Waals surface area contributed by atoms with Gasteiger partial charge in [0.1, 0.15) is 9.84 Å². The van der Waals surface area contributed by atoms with Crippen molar-refractivity contribution in [3.8, 4) is 0 Å². The van der Waals surface area contributed by atoms with E-state index in [1.165, 1.54) is 0 Å². The molecule has 0 unspecified atom stereocenters. The molecule has 0 fully saturated rings. The van der Waals surface area contributed by atoms with E-state index in [1.807, 2.05) is 0 Å². The number of carbonyl (C=O) groups is 1. The average Bonchev–Trinajstić information content (AvgIpc) is 1.59. The fourth-order valence-electron chi connectivity index (χ4n) is 0.335. The lowest BCUT2D eigenvalue weighted by molar-refractivity contribution is 0.263. The SMILES string of the molecule is CS(=O)(=O)CCNC(=O)I. The first-order valence-corrected chi connectivity index (χ1v) is 5.67. The maximum absolute atomic E-state index is 10.5. The Balaban J connectivity index is 3.49. The number of carbonyl (C=O) groups excluding carboxylic acids is 1. The van der Waals surface area contributed by atoms with Crippen molar-refractivity contribution in [2.45, 2.75) is 0 Å². The van der Waals surface area contributed by atoms with Crippen molar-refractivity contribution in [1.82, 2.24) is 5.32 Å². The van der Waals surface area contributed by atoms with Crippen molar-refractivity contribution < 1.29 is 13.2 Å². The Kier molecular flexibility index (Phi) is 4.18. The molecule has 0 aromatic heterocycles. The van der Waals surface area contributed by atoms with Crippen molar-refractivity contribution >= 4 is 36.3 Å². The van der Waals surface area contributed by atoms with Crippen LogP contribution in [0, 0.1) is 0 Å². The fraction of sp³-hybridized carbons (Fsp3) is 0.750. The zero-order valence-corrected chi connectivity index (χ0v) is 8.40. The van der Waals surface area contributed by atoms with Gasteiger partial charge in [0.2, 0.25) is 0 Å². The summed E-state index contributed by atoms with van der Waals surface area (Å²) in [6.45, 7) is 0.195. The first kappa shape index (κ1) is 10.2. The van der Waals surface area contributed by atoms with Gasteiger partial charge in [0.05, 0.1) is 5.75 Å². The van der Waals surface area contributed by atoms with Gasteiger partial charge in [0.25, 0.3) is 3.91 Å². The topological polar surface area (TPSA) is 63.2 Å². The van der Waals surface area contributed by atoms with Crippen LogP contribution in [0.2, 0.25) is 0 Å². The molecule has 0 spiro atoms. The maximum Gasteiger partial charge on any atom is 0.280 e. The van der Waals surface area contributed by atoms with Crippen molar-refractivity contribution in [2.24, 2.45) is 0 Å². The van der Waals surface area contributed by atoms with Crippen LogP contribution in [0.4, 0.5) is 4.79 Å². The van der Waals surface area contributed by atoms with Gasteiger partial charge in [-0.15, -0.1) is 0 Å². The van der Waals surface area contributed by atoms with E-state index in [-0.39, 0.29) is 16.2 Å². The highest BCUT2D eigenvalue weighted by Gasteiger charge is 2.01. The Morgan fingerprint density at radius 2 is 2.10 bits per heavy atom. The normalized spacial score (nSPS) is 11.0. The van der Waals surface area contributed by atoms with E-state index in [0.717, 1.165) is 6.26 Å². The molecule has 1 amide bonds. The molecule has 0 aliphatic rings. The van der Waals surface area contributed by atoms with Gasteiger partial charge in [-0.05, 0) is 0 Å². The minimum Gasteiger partial charge on any atom is -0.346 e. The van der Waals surface area contributed by atoms with Crippen molar-refractivity contribution in [3.05, 3.63) is 0 Å². The van der Waals surface area contributed by atoms with E-state index >= 15 is 0 Å². The smallest absolute Gasteiger partial charge is 0.280 e. The molecule has 1 N–H and O–H groups in total. The van der Waals surface area contributed by atoms with Crippen LogP contribution in [0.25, 0.3) is 0 Å². The molecule has 0 radical (unpaired) electrons. The van der Waals surface area contributed by atoms with Gasteiger partial charge in [0, 0.05) is 35.4 Å². The predicted octanol–water partition coefficient (Wildman–Crippen LogP) is 0.176. The summed E-state index contributed by atoms with van der Waals surface area (Å²) in [6.07, 6.45) is 1.13. The molecule has 6 heteroatoms. The van der Waals surface area contributed by atoms with Crippen LogP contribution in [0.5, 0.6) is 0 Å². The molecule has 0 aromatic carbocycles. The lowest BCUT2D eigenvalue weighted by atomic mass is 10.8. The molecule has 10 heavy (non-hydrogen) atoms. The van der Waals surface area contributed by atoms with E-state index in [0.29, 0.717) is 0 Å². The summed E-state index contributed by atoms with van der Waals surface area (Å²) in [5.74, 6) is 0.00173. The minimum absolute atomic E-state index is 0.00173. The number of nitrogens with one attached hydrogen (secondary N) is 1. The number of hydrogen-bond donors (Lipinski definition) is 1. The zero-order chi connectivity index (χ0) is 8.20. The summed E-state index contributed by atoms with van der Waals surface area (Å²) in [5, 5.41) is 2.37. The summed E-state index contributed by atoms with van der Waals surface area (Å²) >= 11 is 1.55. The number of sulfone groups is 1. The highest BCUT2D eigenvalue weighted by atomic mass is 127.